The van der Waals surface area contributed by atoms with Crippen LogP contribution in [0, 0.1) is 0 Å². The van der Waals surface area contributed by atoms with Gasteiger partial charge in [-0.15, -0.1) is 0 Å². The smallest absolute Gasteiger partial charge is 0.211 e. The van der Waals surface area contributed by atoms with Gasteiger partial charge in [0.05, 0.1) is 5.69 Å². The summed E-state index contributed by atoms with van der Waals surface area (Å²) in [6, 6.07) is 8.58. The molecule has 3 aromatic rings. The second kappa shape index (κ2) is 4.65. The van der Waals surface area contributed by atoms with Gasteiger partial charge in [0.1, 0.15) is 12.0 Å². The quantitative estimate of drug-likeness (QED) is 0.724. The monoisotopic (exact) mass is 324 g/mol. The van der Waals surface area contributed by atoms with E-state index < -0.39 is 6.43 Å². The van der Waals surface area contributed by atoms with Crippen LogP contribution in [0.25, 0.3) is 17.0 Å². The topological polar surface area (TPSA) is 43.1 Å². The van der Waals surface area contributed by atoms with Crippen LogP contribution in [0.3, 0.4) is 0 Å². The molecule has 0 spiro atoms. The summed E-state index contributed by atoms with van der Waals surface area (Å²) in [5, 5.41) is 3.74. The molecule has 0 fully saturated rings. The number of aromatic nitrogens is 4. The van der Waals surface area contributed by atoms with Gasteiger partial charge in [-0.2, -0.15) is 14.6 Å². The average Bonchev–Trinajstić information content (AvgIpc) is 2.86. The fraction of sp³-hybridized carbons (Fsp3) is 0.0833. The van der Waals surface area contributed by atoms with Gasteiger partial charge in [-0.3, -0.25) is 0 Å². The Balaban J connectivity index is 2.21. The lowest BCUT2D eigenvalue weighted by Gasteiger charge is -2.06. The van der Waals surface area contributed by atoms with Crippen LogP contribution < -0.4 is 0 Å². The number of nitrogens with zero attached hydrogens (tertiary/aromatic N) is 4. The first-order valence-electron chi connectivity index (χ1n) is 5.40. The van der Waals surface area contributed by atoms with Crippen LogP contribution in [0.1, 0.15) is 12.1 Å². The molecule has 2 heterocycles. The van der Waals surface area contributed by atoms with Crippen LogP contribution in [-0.2, 0) is 0 Å². The molecule has 0 saturated carbocycles. The van der Waals surface area contributed by atoms with Crippen molar-refractivity contribution in [2.45, 2.75) is 6.43 Å². The van der Waals surface area contributed by atoms with Gasteiger partial charge in [0, 0.05) is 10.0 Å². The third-order valence-electron chi connectivity index (χ3n) is 2.64. The molecule has 0 saturated heterocycles. The van der Waals surface area contributed by atoms with Crippen LogP contribution in [0.4, 0.5) is 8.78 Å². The largest absolute Gasteiger partial charge is 0.280 e. The van der Waals surface area contributed by atoms with E-state index >= 15 is 0 Å². The van der Waals surface area contributed by atoms with Gasteiger partial charge in [-0.1, -0.05) is 28.1 Å². The summed E-state index contributed by atoms with van der Waals surface area (Å²) in [7, 11) is 0. The van der Waals surface area contributed by atoms with E-state index in [0.29, 0.717) is 5.69 Å². The van der Waals surface area contributed by atoms with Crippen molar-refractivity contribution in [2.75, 3.05) is 0 Å². The minimum atomic E-state index is -2.64. The lowest BCUT2D eigenvalue weighted by atomic mass is 10.1. The molecule has 0 aliphatic rings. The summed E-state index contributed by atoms with van der Waals surface area (Å²) < 4.78 is 28.0. The number of halogens is 3. The molecule has 3 rings (SSSR count). The standard InChI is InChI=1S/C12H7BrF2N4/c13-8-3-1-7(2-4-8)9-5-10(11(14)15)19-12(18-9)16-6-17-19/h1-6,11H. The SMILES string of the molecule is FC(F)c1cc(-c2ccc(Br)cc2)nc2ncnn12. The molecule has 19 heavy (non-hydrogen) atoms. The number of alkyl halides is 2. The Morgan fingerprint density at radius 1 is 1.16 bits per heavy atom. The van der Waals surface area contributed by atoms with Crippen LogP contribution in [0.5, 0.6) is 0 Å². The zero-order valence-electron chi connectivity index (χ0n) is 9.46. The highest BCUT2D eigenvalue weighted by atomic mass is 79.9. The Bertz CT molecular complexity index is 724. The fourth-order valence-corrected chi connectivity index (χ4v) is 2.02. The maximum atomic E-state index is 13.0. The number of hydrogen-bond donors (Lipinski definition) is 0. The van der Waals surface area contributed by atoms with Gasteiger partial charge in [0.15, 0.2) is 0 Å². The molecule has 2 aromatic heterocycles. The molecule has 0 atom stereocenters. The van der Waals surface area contributed by atoms with Gasteiger partial charge in [0.2, 0.25) is 0 Å². The third kappa shape index (κ3) is 2.21. The van der Waals surface area contributed by atoms with Crippen LogP contribution in [0.2, 0.25) is 0 Å². The minimum absolute atomic E-state index is 0.163. The Hall–Kier alpha value is -1.89. The summed E-state index contributed by atoms with van der Waals surface area (Å²) in [6.45, 7) is 0. The Labute approximate surface area is 115 Å². The second-order valence-corrected chi connectivity index (χ2v) is 4.76. The van der Waals surface area contributed by atoms with Crippen LogP contribution in [0.15, 0.2) is 41.1 Å². The highest BCUT2D eigenvalue weighted by Crippen LogP contribution is 2.25. The highest BCUT2D eigenvalue weighted by molar-refractivity contribution is 9.10. The molecule has 0 N–H and O–H groups in total. The van der Waals surface area contributed by atoms with E-state index in [1.165, 1.54) is 12.4 Å². The van der Waals surface area contributed by atoms with Crippen LogP contribution >= 0.6 is 15.9 Å². The minimum Gasteiger partial charge on any atom is -0.211 e. The molecule has 4 nitrogen and oxygen atoms in total. The van der Waals surface area contributed by atoms with E-state index in [1.54, 1.807) is 12.1 Å². The first-order valence-corrected chi connectivity index (χ1v) is 6.19. The van der Waals surface area contributed by atoms with E-state index in [0.717, 1.165) is 14.6 Å². The van der Waals surface area contributed by atoms with Gasteiger partial charge in [-0.05, 0) is 18.2 Å². The molecule has 1 aromatic carbocycles. The van der Waals surface area contributed by atoms with Crippen molar-refractivity contribution in [3.63, 3.8) is 0 Å². The predicted octanol–water partition coefficient (Wildman–Crippen LogP) is 3.49. The van der Waals surface area contributed by atoms with E-state index in [9.17, 15) is 8.78 Å². The summed E-state index contributed by atoms with van der Waals surface area (Å²) in [4.78, 5) is 8.08. The molecule has 0 unspecified atom stereocenters. The number of hydrogen-bond acceptors (Lipinski definition) is 3. The summed E-state index contributed by atoms with van der Waals surface area (Å²) in [5.41, 5.74) is 0.972. The van der Waals surface area contributed by atoms with Crippen molar-refractivity contribution in [1.82, 2.24) is 19.6 Å². The summed E-state index contributed by atoms with van der Waals surface area (Å²) in [6.07, 6.45) is -1.43. The molecule has 96 valence electrons. The van der Waals surface area contributed by atoms with Gasteiger partial charge < -0.3 is 0 Å². The van der Waals surface area contributed by atoms with E-state index in [4.69, 9.17) is 0 Å². The maximum Gasteiger partial charge on any atom is 0.280 e. The third-order valence-corrected chi connectivity index (χ3v) is 3.17. The van der Waals surface area contributed by atoms with Crippen molar-refractivity contribution in [1.29, 1.82) is 0 Å². The van der Waals surface area contributed by atoms with Crippen molar-refractivity contribution < 1.29 is 8.78 Å². The van der Waals surface area contributed by atoms with Crippen molar-refractivity contribution in [3.8, 4) is 11.3 Å². The van der Waals surface area contributed by atoms with Crippen molar-refractivity contribution in [3.05, 3.63) is 46.8 Å². The van der Waals surface area contributed by atoms with Crippen molar-refractivity contribution >= 4 is 21.7 Å². The molecule has 7 heteroatoms. The van der Waals surface area contributed by atoms with Gasteiger partial charge >= 0.3 is 0 Å². The zero-order valence-corrected chi connectivity index (χ0v) is 11.1. The Kier molecular flexibility index (Phi) is 2.98. The highest BCUT2D eigenvalue weighted by Gasteiger charge is 2.16. The predicted molar refractivity (Wildman–Crippen MR) is 68.9 cm³/mol. The van der Waals surface area contributed by atoms with E-state index in [2.05, 4.69) is 31.0 Å². The number of fused-ring (bicyclic) bond motifs is 1. The summed E-state index contributed by atoms with van der Waals surface area (Å²) in [5.74, 6) is 0.163. The molecule has 0 bridgehead atoms. The molecular formula is C12H7BrF2N4. The zero-order chi connectivity index (χ0) is 13.4. The molecule has 0 amide bonds. The Morgan fingerprint density at radius 3 is 2.58 bits per heavy atom. The molecular weight excluding hydrogens is 318 g/mol. The van der Waals surface area contributed by atoms with E-state index in [1.807, 2.05) is 12.1 Å². The van der Waals surface area contributed by atoms with Crippen LogP contribution in [-0.4, -0.2) is 19.6 Å². The number of benzene rings is 1. The van der Waals surface area contributed by atoms with Crippen molar-refractivity contribution in [2.24, 2.45) is 0 Å². The first kappa shape index (κ1) is 12.2. The van der Waals surface area contributed by atoms with Gasteiger partial charge in [0.25, 0.3) is 12.2 Å². The molecule has 0 aliphatic carbocycles. The normalized spacial score (nSPS) is 11.4. The number of rotatable bonds is 2. The summed E-state index contributed by atoms with van der Waals surface area (Å²) >= 11 is 3.32. The molecule has 0 radical (unpaired) electrons. The lowest BCUT2D eigenvalue weighted by molar-refractivity contribution is 0.143. The average molecular weight is 325 g/mol. The van der Waals surface area contributed by atoms with Gasteiger partial charge in [-0.25, -0.2) is 13.8 Å². The van der Waals surface area contributed by atoms with E-state index in [-0.39, 0.29) is 11.5 Å². The Morgan fingerprint density at radius 2 is 1.89 bits per heavy atom. The molecule has 0 aliphatic heterocycles. The second-order valence-electron chi connectivity index (χ2n) is 3.85. The lowest BCUT2D eigenvalue weighted by Crippen LogP contribution is -2.02. The maximum absolute atomic E-state index is 13.0. The fourth-order valence-electron chi connectivity index (χ4n) is 1.76. The first-order chi connectivity index (χ1) is 9.15.